The maximum absolute atomic E-state index is 12.5. The number of nitrogens with one attached hydrogen (secondary N) is 1. The number of fused-ring (bicyclic) bond motifs is 1. The molecule has 23 heavy (non-hydrogen) atoms. The molecule has 2 N–H and O–H groups in total. The predicted octanol–water partition coefficient (Wildman–Crippen LogP) is 3.96. The van der Waals surface area contributed by atoms with Crippen LogP contribution < -0.4 is 11.0 Å². The molecule has 0 fully saturated rings. The fourth-order valence-electron chi connectivity index (χ4n) is 3.24. The number of hydrogen-bond donors (Lipinski definition) is 2. The van der Waals surface area contributed by atoms with E-state index in [4.69, 9.17) is 0 Å². The normalized spacial score (nSPS) is 11.9. The maximum Gasteiger partial charge on any atom is 0.290 e. The molecule has 0 atom stereocenters. The summed E-state index contributed by atoms with van der Waals surface area (Å²) < 4.78 is 0. The van der Waals surface area contributed by atoms with Crippen molar-refractivity contribution in [3.8, 4) is 5.75 Å². The number of rotatable bonds is 3. The minimum atomic E-state index is -0.633. The van der Waals surface area contributed by atoms with Crippen LogP contribution in [0, 0.1) is 0 Å². The standard InChI is InChI=1S/C19H25NO3/c1-9(2)12-7-13-14(21)8-15(22)19(23)20-18(13)17(11(5)6)16(12)10(3)4/h7-11,22H,1-6H3,(H,20,23). The molecule has 4 heteroatoms. The lowest BCUT2D eigenvalue weighted by Crippen LogP contribution is -2.10. The van der Waals surface area contributed by atoms with Gasteiger partial charge in [-0.3, -0.25) is 9.59 Å². The lowest BCUT2D eigenvalue weighted by molar-refractivity contribution is 0.468. The van der Waals surface area contributed by atoms with E-state index in [1.807, 2.05) is 6.07 Å². The van der Waals surface area contributed by atoms with Crippen LogP contribution in [0.25, 0.3) is 10.9 Å². The molecule has 124 valence electrons. The smallest absolute Gasteiger partial charge is 0.290 e. The zero-order chi connectivity index (χ0) is 17.5. The van der Waals surface area contributed by atoms with Gasteiger partial charge in [-0.2, -0.15) is 0 Å². The Balaban J connectivity index is 3.21. The van der Waals surface area contributed by atoms with Gasteiger partial charge in [0.1, 0.15) is 0 Å². The highest BCUT2D eigenvalue weighted by Gasteiger charge is 2.21. The minimum absolute atomic E-state index is 0.146. The Kier molecular flexibility index (Phi) is 4.64. The molecule has 4 nitrogen and oxygen atoms in total. The molecule has 0 aliphatic carbocycles. The monoisotopic (exact) mass is 315 g/mol. The molecule has 0 aliphatic heterocycles. The Hall–Kier alpha value is -2.10. The van der Waals surface area contributed by atoms with Gasteiger partial charge in [0.15, 0.2) is 11.2 Å². The van der Waals surface area contributed by atoms with E-state index >= 15 is 0 Å². The van der Waals surface area contributed by atoms with E-state index in [0.29, 0.717) is 10.9 Å². The first-order valence-electron chi connectivity index (χ1n) is 8.12. The molecule has 0 aliphatic rings. The first-order valence-corrected chi connectivity index (χ1v) is 8.12. The lowest BCUT2D eigenvalue weighted by Gasteiger charge is -2.23. The minimum Gasteiger partial charge on any atom is -0.503 e. The van der Waals surface area contributed by atoms with Crippen LogP contribution in [0.3, 0.4) is 0 Å². The van der Waals surface area contributed by atoms with Crippen LogP contribution in [0.5, 0.6) is 5.75 Å². The van der Waals surface area contributed by atoms with E-state index in [2.05, 4.69) is 46.5 Å². The lowest BCUT2D eigenvalue weighted by atomic mass is 9.81. The van der Waals surface area contributed by atoms with Gasteiger partial charge in [-0.05, 0) is 40.5 Å². The van der Waals surface area contributed by atoms with Crippen molar-refractivity contribution in [3.63, 3.8) is 0 Å². The summed E-state index contributed by atoms with van der Waals surface area (Å²) in [6.07, 6.45) is 0. The Morgan fingerprint density at radius 3 is 1.91 bits per heavy atom. The predicted molar refractivity (Wildman–Crippen MR) is 94.8 cm³/mol. The molecular formula is C19H25NO3. The van der Waals surface area contributed by atoms with Crippen molar-refractivity contribution in [3.05, 3.63) is 49.4 Å². The Morgan fingerprint density at radius 2 is 1.43 bits per heavy atom. The fourth-order valence-corrected chi connectivity index (χ4v) is 3.24. The number of aromatic nitrogens is 1. The molecule has 2 rings (SSSR count). The van der Waals surface area contributed by atoms with Gasteiger partial charge in [0.25, 0.3) is 5.56 Å². The summed E-state index contributed by atoms with van der Waals surface area (Å²) in [7, 11) is 0. The summed E-state index contributed by atoms with van der Waals surface area (Å²) in [6.45, 7) is 12.6. The van der Waals surface area contributed by atoms with E-state index in [1.54, 1.807) is 0 Å². The average molecular weight is 315 g/mol. The van der Waals surface area contributed by atoms with E-state index in [0.717, 1.165) is 17.2 Å². The summed E-state index contributed by atoms with van der Waals surface area (Å²) in [6, 6.07) is 2.88. The Morgan fingerprint density at radius 1 is 0.870 bits per heavy atom. The second-order valence-corrected chi connectivity index (χ2v) is 7.03. The molecular weight excluding hydrogens is 290 g/mol. The average Bonchev–Trinajstić information content (AvgIpc) is 2.54. The van der Waals surface area contributed by atoms with Crippen LogP contribution in [0.15, 0.2) is 21.7 Å². The van der Waals surface area contributed by atoms with E-state index in [9.17, 15) is 14.7 Å². The van der Waals surface area contributed by atoms with Gasteiger partial charge < -0.3 is 10.1 Å². The van der Waals surface area contributed by atoms with Gasteiger partial charge in [-0.25, -0.2) is 0 Å². The molecule has 0 bridgehead atoms. The third kappa shape index (κ3) is 3.03. The molecule has 0 radical (unpaired) electrons. The van der Waals surface area contributed by atoms with Crippen LogP contribution in [0.2, 0.25) is 0 Å². The van der Waals surface area contributed by atoms with Crippen molar-refractivity contribution in [2.75, 3.05) is 0 Å². The first kappa shape index (κ1) is 17.3. The molecule has 1 aromatic heterocycles. The molecule has 0 unspecified atom stereocenters. The third-order valence-corrected chi connectivity index (χ3v) is 4.22. The topological polar surface area (TPSA) is 70.2 Å². The van der Waals surface area contributed by atoms with Gasteiger partial charge in [0, 0.05) is 11.5 Å². The fraction of sp³-hybridized carbons (Fsp3) is 0.474. The zero-order valence-corrected chi connectivity index (χ0v) is 14.7. The van der Waals surface area contributed by atoms with Crippen LogP contribution in [0.1, 0.15) is 76.0 Å². The first-order chi connectivity index (χ1) is 10.6. The quantitative estimate of drug-likeness (QED) is 0.900. The van der Waals surface area contributed by atoms with Crippen LogP contribution in [0.4, 0.5) is 0 Å². The van der Waals surface area contributed by atoms with E-state index < -0.39 is 11.3 Å². The van der Waals surface area contributed by atoms with Crippen molar-refractivity contribution in [2.45, 2.75) is 59.3 Å². The molecule has 1 heterocycles. The molecule has 2 aromatic rings. The number of benzene rings is 1. The summed E-state index contributed by atoms with van der Waals surface area (Å²) in [4.78, 5) is 27.2. The van der Waals surface area contributed by atoms with Crippen LogP contribution in [-0.2, 0) is 0 Å². The summed E-state index contributed by atoms with van der Waals surface area (Å²) >= 11 is 0. The maximum atomic E-state index is 12.5. The molecule has 0 saturated heterocycles. The Bertz CT molecular complexity index is 861. The zero-order valence-electron chi connectivity index (χ0n) is 14.7. The molecule has 0 amide bonds. The number of hydrogen-bond acceptors (Lipinski definition) is 3. The van der Waals surface area contributed by atoms with E-state index in [-0.39, 0.29) is 23.2 Å². The molecule has 0 saturated carbocycles. The second-order valence-electron chi connectivity index (χ2n) is 7.03. The number of aromatic hydroxyl groups is 1. The molecule has 1 aromatic carbocycles. The SMILES string of the molecule is CC(C)c1cc2c(=O)cc(O)c(=O)[nH]c2c(C(C)C)c1C(C)C. The van der Waals surface area contributed by atoms with Gasteiger partial charge in [-0.15, -0.1) is 0 Å². The Labute approximate surface area is 136 Å². The highest BCUT2D eigenvalue weighted by Crippen LogP contribution is 2.36. The van der Waals surface area contributed by atoms with Crippen molar-refractivity contribution in [1.82, 2.24) is 4.98 Å². The summed E-state index contributed by atoms with van der Waals surface area (Å²) in [5, 5.41) is 10.2. The summed E-state index contributed by atoms with van der Waals surface area (Å²) in [5.41, 5.74) is 2.87. The van der Waals surface area contributed by atoms with Gasteiger partial charge in [-0.1, -0.05) is 41.5 Å². The van der Waals surface area contributed by atoms with Crippen LogP contribution >= 0.6 is 0 Å². The molecule has 0 spiro atoms. The van der Waals surface area contributed by atoms with Crippen LogP contribution in [-0.4, -0.2) is 10.1 Å². The van der Waals surface area contributed by atoms with Gasteiger partial charge in [0.05, 0.1) is 5.52 Å². The van der Waals surface area contributed by atoms with Gasteiger partial charge >= 0.3 is 0 Å². The largest absolute Gasteiger partial charge is 0.503 e. The summed E-state index contributed by atoms with van der Waals surface area (Å²) in [5.74, 6) is 0.137. The number of H-pyrrole nitrogens is 1. The van der Waals surface area contributed by atoms with E-state index in [1.165, 1.54) is 5.56 Å². The highest BCUT2D eigenvalue weighted by molar-refractivity contribution is 5.85. The number of aromatic amines is 1. The van der Waals surface area contributed by atoms with Gasteiger partial charge in [0.2, 0.25) is 0 Å². The van der Waals surface area contributed by atoms with Crippen molar-refractivity contribution in [1.29, 1.82) is 0 Å². The van der Waals surface area contributed by atoms with Crippen molar-refractivity contribution in [2.24, 2.45) is 0 Å². The van der Waals surface area contributed by atoms with Crippen molar-refractivity contribution >= 4 is 10.9 Å². The van der Waals surface area contributed by atoms with Crippen molar-refractivity contribution < 1.29 is 5.11 Å². The highest BCUT2D eigenvalue weighted by atomic mass is 16.3. The third-order valence-electron chi connectivity index (χ3n) is 4.22. The second kappa shape index (κ2) is 6.19.